The van der Waals surface area contributed by atoms with Crippen LogP contribution in [0.5, 0.6) is 0 Å². The van der Waals surface area contributed by atoms with E-state index in [0.29, 0.717) is 11.3 Å². The molecule has 2 aliphatic rings. The summed E-state index contributed by atoms with van der Waals surface area (Å²) in [6.45, 7) is 24.8. The molecule has 0 nitrogen and oxygen atoms in total. The van der Waals surface area contributed by atoms with Crippen molar-refractivity contribution in [3.63, 3.8) is 0 Å². The molecule has 0 fully saturated rings. The van der Waals surface area contributed by atoms with Crippen molar-refractivity contribution in [3.8, 4) is 11.1 Å². The van der Waals surface area contributed by atoms with Crippen LogP contribution in [0.15, 0.2) is 78.4 Å². The molecule has 0 aliphatic heterocycles. The molecule has 0 spiro atoms. The Labute approximate surface area is 297 Å². The van der Waals surface area contributed by atoms with Crippen molar-refractivity contribution in [1.82, 2.24) is 0 Å². The third kappa shape index (κ3) is 11.4. The minimum Gasteiger partial charge on any atom is -1.00 e. The van der Waals surface area contributed by atoms with Crippen LogP contribution in [0.2, 0.25) is 0 Å². The molecule has 0 heterocycles. The fraction of sp³-hybridized carbons (Fsp3) is 0.439. The fourth-order valence-electron chi connectivity index (χ4n) is 5.13. The van der Waals surface area contributed by atoms with E-state index in [4.69, 9.17) is 0 Å². The molecule has 0 N–H and O–H groups in total. The molecule has 3 aromatic rings. The van der Waals surface area contributed by atoms with Gasteiger partial charge in [-0.05, 0) is 17.4 Å². The molecule has 236 valence electrons. The third-order valence-corrected chi connectivity index (χ3v) is 8.74. The van der Waals surface area contributed by atoms with Gasteiger partial charge in [-0.15, -0.1) is 5.56 Å². The van der Waals surface area contributed by atoms with Gasteiger partial charge in [0.05, 0.1) is 0 Å². The quantitative estimate of drug-likeness (QED) is 0.258. The van der Waals surface area contributed by atoms with Crippen LogP contribution < -0.4 is 24.8 Å². The molecule has 2 aliphatic carbocycles. The van der Waals surface area contributed by atoms with Crippen LogP contribution in [-0.2, 0) is 41.5 Å². The first-order valence-electron chi connectivity index (χ1n) is 15.6. The third-order valence-electron chi connectivity index (χ3n) is 8.03. The molecule has 0 saturated heterocycles. The summed E-state index contributed by atoms with van der Waals surface area (Å²) in [5, 5.41) is 0. The van der Waals surface area contributed by atoms with Gasteiger partial charge >= 0.3 is 70.3 Å². The van der Waals surface area contributed by atoms with Gasteiger partial charge in [0, 0.05) is 0 Å². The summed E-state index contributed by atoms with van der Waals surface area (Å²) in [5.41, 5.74) is 11.9. The predicted octanol–water partition coefficient (Wildman–Crippen LogP) is 5.18. The maximum Gasteiger partial charge on any atom is -1.00 e. The zero-order valence-electron chi connectivity index (χ0n) is 28.9. The average molecular weight is 707 g/mol. The largest absolute Gasteiger partial charge is 1.00 e. The smallest absolute Gasteiger partial charge is 1.00 e. The second kappa shape index (κ2) is 16.9. The van der Waals surface area contributed by atoms with Gasteiger partial charge in [0.15, 0.2) is 0 Å². The van der Waals surface area contributed by atoms with E-state index < -0.39 is 0 Å². The number of fused-ring (bicyclic) bond motifs is 3. The zero-order chi connectivity index (χ0) is 31.3. The number of hydrogen-bond acceptors (Lipinski definition) is 0. The van der Waals surface area contributed by atoms with Crippen LogP contribution >= 0.6 is 0 Å². The summed E-state index contributed by atoms with van der Waals surface area (Å²) in [6, 6.07) is 25.5. The van der Waals surface area contributed by atoms with Crippen molar-refractivity contribution < 1.29 is 49.0 Å². The van der Waals surface area contributed by atoms with E-state index in [0.717, 1.165) is 6.42 Å². The molecule has 0 radical (unpaired) electrons. The van der Waals surface area contributed by atoms with Gasteiger partial charge in [0.1, 0.15) is 0 Å². The predicted molar refractivity (Wildman–Crippen MR) is 181 cm³/mol. The summed E-state index contributed by atoms with van der Waals surface area (Å²) < 4.78 is 1.46. The summed E-state index contributed by atoms with van der Waals surface area (Å²) in [5.74, 6) is 0.587. The Bertz CT molecular complexity index is 1360. The number of benzene rings is 3. The van der Waals surface area contributed by atoms with Crippen molar-refractivity contribution in [1.29, 1.82) is 0 Å². The molecule has 1 atom stereocenters. The minimum atomic E-state index is 0. The van der Waals surface area contributed by atoms with Crippen molar-refractivity contribution >= 4 is 3.21 Å². The van der Waals surface area contributed by atoms with Crippen LogP contribution in [0, 0.1) is 23.5 Å². The van der Waals surface area contributed by atoms with Crippen molar-refractivity contribution in [3.05, 3.63) is 118 Å². The molecular weight excluding hydrogens is 655 g/mol. The molecule has 0 amide bonds. The molecule has 5 rings (SSSR count). The van der Waals surface area contributed by atoms with Gasteiger partial charge in [-0.3, -0.25) is 6.08 Å². The zero-order valence-corrected chi connectivity index (χ0v) is 32.9. The first-order valence-corrected chi connectivity index (χ1v) is 16.8. The molecule has 1 unspecified atom stereocenters. The molecule has 0 bridgehead atoms. The molecule has 0 saturated carbocycles. The second-order valence-electron chi connectivity index (χ2n) is 14.9. The monoisotopic (exact) mass is 704 g/mol. The average Bonchev–Trinajstić information content (AvgIpc) is 3.53. The Morgan fingerprint density at radius 1 is 0.795 bits per heavy atom. The Morgan fingerprint density at radius 3 is 1.86 bits per heavy atom. The first kappa shape index (κ1) is 40.5. The normalized spacial score (nSPS) is 14.8. The topological polar surface area (TPSA) is 0 Å². The van der Waals surface area contributed by atoms with E-state index in [2.05, 4.69) is 155 Å². The summed E-state index contributed by atoms with van der Waals surface area (Å²) in [6.07, 6.45) is 11.5. The number of halogens is 2. The summed E-state index contributed by atoms with van der Waals surface area (Å²) in [4.78, 5) is 0. The Kier molecular flexibility index (Phi) is 15.5. The van der Waals surface area contributed by atoms with Gasteiger partial charge in [-0.1, -0.05) is 128 Å². The van der Waals surface area contributed by atoms with Crippen LogP contribution in [-0.4, -0.2) is 3.21 Å². The van der Waals surface area contributed by atoms with Gasteiger partial charge in [-0.2, -0.15) is 41.0 Å². The molecular formula is C41H52Cl2Zr-2. The molecule has 3 aromatic carbocycles. The van der Waals surface area contributed by atoms with Crippen molar-refractivity contribution in [2.24, 2.45) is 11.3 Å². The Morgan fingerprint density at radius 2 is 1.39 bits per heavy atom. The molecule has 0 aromatic heterocycles. The van der Waals surface area contributed by atoms with Crippen molar-refractivity contribution in [2.75, 3.05) is 0 Å². The van der Waals surface area contributed by atoms with Gasteiger partial charge < -0.3 is 24.8 Å². The molecule has 3 heteroatoms. The van der Waals surface area contributed by atoms with E-state index in [9.17, 15) is 0 Å². The Balaban J connectivity index is 0.000000359. The summed E-state index contributed by atoms with van der Waals surface area (Å²) >= 11 is 1.51. The second-order valence-corrected chi connectivity index (χ2v) is 16.7. The molecule has 44 heavy (non-hydrogen) atoms. The van der Waals surface area contributed by atoms with Crippen molar-refractivity contribution in [2.45, 2.75) is 106 Å². The van der Waals surface area contributed by atoms with E-state index >= 15 is 0 Å². The minimum absolute atomic E-state index is 0. The number of rotatable bonds is 3. The Hall–Kier alpha value is -1.53. The first-order chi connectivity index (χ1) is 19.5. The van der Waals surface area contributed by atoms with Crippen LogP contribution in [0.3, 0.4) is 0 Å². The van der Waals surface area contributed by atoms with Gasteiger partial charge in [0.2, 0.25) is 0 Å². The van der Waals surface area contributed by atoms with E-state index in [1.807, 2.05) is 6.07 Å². The maximum atomic E-state index is 3.53. The summed E-state index contributed by atoms with van der Waals surface area (Å²) in [7, 11) is 0. The SMILES string of the molecule is CC(C)(C)c1c[c-]c2c(c1)-c1cc(C(C)(C)C)ccc1C2.CCCC1[C-]=CC(C(C)(C)C)=C1.C[C](=[Zr+2])c1ccccc1.[Cl-].[Cl-]. The fourth-order valence-corrected chi connectivity index (χ4v) is 5.54. The standard InChI is InChI=1S/C21H25.C12H19.C8H8.2ClH.Zr/c1-20(2,3)16-9-7-14-11-15-8-10-17(21(4,5)6)13-19(15)18(14)12-16;1-5-6-10-7-8-11(9-10)12(2,3)4;1-2-8-6-4-3-5-7-8;;;/h7,9-10,12-13H,11H2,1-6H3;8-10H,5-6H2,1-4H3;3-7H,1H3;2*1H;/q2*-1;;;;+2/p-2. The van der Waals surface area contributed by atoms with E-state index in [1.54, 1.807) is 0 Å². The van der Waals surface area contributed by atoms with E-state index in [-0.39, 0.29) is 35.6 Å². The van der Waals surface area contributed by atoms with Gasteiger partial charge in [-0.25, -0.2) is 6.08 Å². The van der Waals surface area contributed by atoms with Crippen LogP contribution in [0.1, 0.15) is 117 Å². The number of hydrogen-bond donors (Lipinski definition) is 0. The van der Waals surface area contributed by atoms with E-state index in [1.165, 1.54) is 84.8 Å². The van der Waals surface area contributed by atoms with Gasteiger partial charge in [0.25, 0.3) is 0 Å². The maximum absolute atomic E-state index is 3.53. The number of allylic oxidation sites excluding steroid dienone is 4. The van der Waals surface area contributed by atoms with Crippen LogP contribution in [0.25, 0.3) is 11.1 Å². The van der Waals surface area contributed by atoms with Crippen LogP contribution in [0.4, 0.5) is 0 Å².